The zero-order chi connectivity index (χ0) is 18.7. The quantitative estimate of drug-likeness (QED) is 0.653. The van der Waals surface area contributed by atoms with E-state index in [1.165, 1.54) is 17.7 Å². The highest BCUT2D eigenvalue weighted by atomic mass is 35.5. The highest BCUT2D eigenvalue weighted by Crippen LogP contribution is 2.23. The van der Waals surface area contributed by atoms with E-state index in [2.05, 4.69) is 21.1 Å². The Kier molecular flexibility index (Phi) is 5.15. The highest BCUT2D eigenvalue weighted by Gasteiger charge is 2.15. The lowest BCUT2D eigenvalue weighted by atomic mass is 10.1. The Hall–Kier alpha value is -2.57. The predicted octanol–water partition coefficient (Wildman–Crippen LogP) is 4.90. The van der Waals surface area contributed by atoms with Gasteiger partial charge >= 0.3 is 0 Å². The van der Waals surface area contributed by atoms with Gasteiger partial charge in [-0.25, -0.2) is 13.4 Å². The van der Waals surface area contributed by atoms with E-state index in [1.807, 2.05) is 26.0 Å². The normalized spacial score (nSPS) is 11.2. The lowest BCUT2D eigenvalue weighted by molar-refractivity contribution is 0.601. The van der Waals surface area contributed by atoms with Crippen LogP contribution in [0.25, 0.3) is 0 Å². The fraction of sp³-hybridized carbons (Fsp3) is 0.105. The molecule has 0 fully saturated rings. The Balaban J connectivity index is 1.75. The smallest absolute Gasteiger partial charge is 0.263 e. The maximum atomic E-state index is 12.4. The fourth-order valence-electron chi connectivity index (χ4n) is 2.47. The van der Waals surface area contributed by atoms with E-state index in [0.29, 0.717) is 5.02 Å². The number of sulfonamides is 1. The molecule has 7 heteroatoms. The molecule has 0 unspecified atom stereocenters. The molecule has 5 nitrogen and oxygen atoms in total. The summed E-state index contributed by atoms with van der Waals surface area (Å²) in [5.41, 5.74) is 4.06. The Bertz CT molecular complexity index is 1030. The molecule has 3 aromatic rings. The first kappa shape index (κ1) is 18.2. The van der Waals surface area contributed by atoms with Crippen LogP contribution in [0.5, 0.6) is 0 Å². The Morgan fingerprint density at radius 1 is 1.00 bits per heavy atom. The number of rotatable bonds is 5. The lowest BCUT2D eigenvalue weighted by Gasteiger charge is -2.11. The van der Waals surface area contributed by atoms with Crippen molar-refractivity contribution in [3.63, 3.8) is 0 Å². The first-order chi connectivity index (χ1) is 12.3. The number of aromatic nitrogens is 1. The molecule has 0 radical (unpaired) electrons. The number of aryl methyl sites for hydroxylation is 2. The monoisotopic (exact) mass is 387 g/mol. The van der Waals surface area contributed by atoms with Gasteiger partial charge in [0.2, 0.25) is 0 Å². The van der Waals surface area contributed by atoms with Crippen LogP contribution in [-0.2, 0) is 10.0 Å². The van der Waals surface area contributed by atoms with Crippen molar-refractivity contribution in [2.75, 3.05) is 10.0 Å². The summed E-state index contributed by atoms with van der Waals surface area (Å²) in [4.78, 5) is 4.26. The molecule has 2 aromatic carbocycles. The third-order valence-corrected chi connectivity index (χ3v) is 5.36. The second-order valence-corrected chi connectivity index (χ2v) is 8.06. The van der Waals surface area contributed by atoms with E-state index < -0.39 is 10.0 Å². The van der Waals surface area contributed by atoms with Crippen LogP contribution in [0, 0.1) is 13.8 Å². The molecule has 0 spiro atoms. The Morgan fingerprint density at radius 3 is 2.46 bits per heavy atom. The first-order valence-corrected chi connectivity index (χ1v) is 9.78. The van der Waals surface area contributed by atoms with Crippen LogP contribution in [0.2, 0.25) is 5.02 Å². The van der Waals surface area contributed by atoms with Crippen molar-refractivity contribution in [1.29, 1.82) is 0 Å². The van der Waals surface area contributed by atoms with E-state index in [4.69, 9.17) is 11.6 Å². The van der Waals surface area contributed by atoms with E-state index >= 15 is 0 Å². The molecule has 26 heavy (non-hydrogen) atoms. The number of nitrogens with zero attached hydrogens (tertiary/aromatic N) is 1. The summed E-state index contributed by atoms with van der Waals surface area (Å²) < 4.78 is 27.2. The molecule has 0 atom stereocenters. The van der Waals surface area contributed by atoms with Crippen LogP contribution in [0.1, 0.15) is 11.1 Å². The largest absolute Gasteiger partial charge is 0.354 e. The van der Waals surface area contributed by atoms with Crippen LogP contribution in [0.3, 0.4) is 0 Å². The average Bonchev–Trinajstić information content (AvgIpc) is 2.59. The Labute approximate surface area is 158 Å². The summed E-state index contributed by atoms with van der Waals surface area (Å²) in [6.45, 7) is 4.06. The summed E-state index contributed by atoms with van der Waals surface area (Å²) in [6, 6.07) is 15.5. The van der Waals surface area contributed by atoms with Gasteiger partial charge in [0.1, 0.15) is 5.82 Å². The van der Waals surface area contributed by atoms with Gasteiger partial charge in [0.05, 0.1) is 16.8 Å². The summed E-state index contributed by atoms with van der Waals surface area (Å²) >= 11 is 5.86. The van der Waals surface area contributed by atoms with Gasteiger partial charge in [-0.15, -0.1) is 0 Å². The molecule has 0 amide bonds. The molecule has 0 aliphatic heterocycles. The van der Waals surface area contributed by atoms with Crippen molar-refractivity contribution in [1.82, 2.24) is 4.98 Å². The van der Waals surface area contributed by atoms with E-state index in [-0.39, 0.29) is 10.7 Å². The standard InChI is InChI=1S/C19H18ClN3O2S/c1-13-6-8-18(14(2)10-13)22-16-7-9-19(21-12-16)23-26(24,25)17-5-3-4-15(20)11-17/h3-12,22H,1-2H3,(H,21,23). The van der Waals surface area contributed by atoms with Gasteiger partial charge in [-0.3, -0.25) is 4.72 Å². The molecule has 0 saturated carbocycles. The van der Waals surface area contributed by atoms with Gasteiger partial charge in [-0.1, -0.05) is 35.4 Å². The molecule has 0 aliphatic rings. The molecule has 1 aromatic heterocycles. The Morgan fingerprint density at radius 2 is 1.81 bits per heavy atom. The van der Waals surface area contributed by atoms with Crippen molar-refractivity contribution < 1.29 is 8.42 Å². The maximum absolute atomic E-state index is 12.4. The van der Waals surface area contributed by atoms with Gasteiger partial charge in [0.15, 0.2) is 0 Å². The summed E-state index contributed by atoms with van der Waals surface area (Å²) in [7, 11) is -3.74. The van der Waals surface area contributed by atoms with E-state index in [1.54, 1.807) is 30.5 Å². The number of nitrogens with one attached hydrogen (secondary N) is 2. The predicted molar refractivity (Wildman–Crippen MR) is 106 cm³/mol. The van der Waals surface area contributed by atoms with E-state index in [0.717, 1.165) is 16.9 Å². The van der Waals surface area contributed by atoms with Crippen molar-refractivity contribution in [3.05, 3.63) is 76.9 Å². The van der Waals surface area contributed by atoms with Gasteiger partial charge in [-0.05, 0) is 55.8 Å². The van der Waals surface area contributed by atoms with Crippen molar-refractivity contribution in [2.45, 2.75) is 18.7 Å². The zero-order valence-corrected chi connectivity index (χ0v) is 15.9. The molecule has 2 N–H and O–H groups in total. The molecule has 3 rings (SSSR count). The van der Waals surface area contributed by atoms with Gasteiger partial charge < -0.3 is 5.32 Å². The number of anilines is 3. The summed E-state index contributed by atoms with van der Waals surface area (Å²) in [5, 5.41) is 3.63. The van der Waals surface area contributed by atoms with Crippen molar-refractivity contribution >= 4 is 38.8 Å². The minimum Gasteiger partial charge on any atom is -0.354 e. The maximum Gasteiger partial charge on any atom is 0.263 e. The average molecular weight is 388 g/mol. The fourth-order valence-corrected chi connectivity index (χ4v) is 3.78. The molecule has 0 aliphatic carbocycles. The molecular weight excluding hydrogens is 370 g/mol. The van der Waals surface area contributed by atoms with Crippen LogP contribution in [0.15, 0.2) is 65.7 Å². The first-order valence-electron chi connectivity index (χ1n) is 7.92. The van der Waals surface area contributed by atoms with E-state index in [9.17, 15) is 8.42 Å². The van der Waals surface area contributed by atoms with Crippen LogP contribution < -0.4 is 10.0 Å². The highest BCUT2D eigenvalue weighted by molar-refractivity contribution is 7.92. The lowest BCUT2D eigenvalue weighted by Crippen LogP contribution is -2.13. The van der Waals surface area contributed by atoms with Crippen molar-refractivity contribution in [3.8, 4) is 0 Å². The third kappa shape index (κ3) is 4.33. The topological polar surface area (TPSA) is 71.1 Å². The molecular formula is C19H18ClN3O2S. The molecule has 1 heterocycles. The van der Waals surface area contributed by atoms with Crippen LogP contribution >= 0.6 is 11.6 Å². The van der Waals surface area contributed by atoms with Crippen LogP contribution in [-0.4, -0.2) is 13.4 Å². The van der Waals surface area contributed by atoms with Gasteiger partial charge in [0.25, 0.3) is 10.0 Å². The number of hydrogen-bond acceptors (Lipinski definition) is 4. The third-order valence-electron chi connectivity index (χ3n) is 3.77. The number of hydrogen-bond donors (Lipinski definition) is 2. The molecule has 134 valence electrons. The zero-order valence-electron chi connectivity index (χ0n) is 14.3. The van der Waals surface area contributed by atoms with Gasteiger partial charge in [0, 0.05) is 10.7 Å². The van der Waals surface area contributed by atoms with Crippen molar-refractivity contribution in [2.24, 2.45) is 0 Å². The number of pyridine rings is 1. The number of benzene rings is 2. The molecule has 0 bridgehead atoms. The SMILES string of the molecule is Cc1ccc(Nc2ccc(NS(=O)(=O)c3cccc(Cl)c3)nc2)c(C)c1. The van der Waals surface area contributed by atoms with Crippen LogP contribution in [0.4, 0.5) is 17.2 Å². The van der Waals surface area contributed by atoms with Gasteiger partial charge in [-0.2, -0.15) is 0 Å². The number of halogens is 1. The second-order valence-electron chi connectivity index (χ2n) is 5.94. The minimum absolute atomic E-state index is 0.0873. The summed E-state index contributed by atoms with van der Waals surface area (Å²) in [5.74, 6) is 0.233. The molecule has 0 saturated heterocycles. The summed E-state index contributed by atoms with van der Waals surface area (Å²) in [6.07, 6.45) is 1.58. The second kappa shape index (κ2) is 7.35. The minimum atomic E-state index is -3.74.